The molecule has 1 aromatic carbocycles. The van der Waals surface area contributed by atoms with E-state index in [0.29, 0.717) is 4.83 Å². The number of hydrogen-bond donors (Lipinski definition) is 0. The highest BCUT2D eigenvalue weighted by Gasteiger charge is 2.66. The maximum atomic E-state index is 13.4. The summed E-state index contributed by atoms with van der Waals surface area (Å²) in [5, 5.41) is 0. The lowest BCUT2D eigenvalue weighted by atomic mass is 9.92. The summed E-state index contributed by atoms with van der Waals surface area (Å²) in [4.78, 5) is 0.437. The highest BCUT2D eigenvalue weighted by atomic mass is 79.9. The van der Waals surface area contributed by atoms with E-state index in [2.05, 4.69) is 15.9 Å². The number of halogens is 2. The third-order valence-corrected chi connectivity index (χ3v) is 7.04. The largest absolute Gasteiger partial charge is 0.207 e. The number of benzene rings is 1. The summed E-state index contributed by atoms with van der Waals surface area (Å²) in [5.41, 5.74) is 3.56. The van der Waals surface area contributed by atoms with Crippen LogP contribution in [0.3, 0.4) is 0 Å². The van der Waals surface area contributed by atoms with Gasteiger partial charge < -0.3 is 0 Å². The Balaban J connectivity index is 1.64. The van der Waals surface area contributed by atoms with Gasteiger partial charge in [0, 0.05) is 4.83 Å². The van der Waals surface area contributed by atoms with Gasteiger partial charge in [-0.15, -0.1) is 0 Å². The Morgan fingerprint density at radius 1 is 1.11 bits per heavy atom. The van der Waals surface area contributed by atoms with E-state index in [1.807, 2.05) is 13.8 Å². The van der Waals surface area contributed by atoms with Gasteiger partial charge in [-0.1, -0.05) is 15.9 Å². The van der Waals surface area contributed by atoms with Crippen molar-refractivity contribution in [2.75, 3.05) is 0 Å². The molecule has 19 heavy (non-hydrogen) atoms. The topological polar surface area (TPSA) is 0 Å². The molecule has 3 fully saturated rings. The fourth-order valence-corrected chi connectivity index (χ4v) is 6.76. The molecule has 102 valence electrons. The summed E-state index contributed by atoms with van der Waals surface area (Å²) in [6.07, 6.45) is 4.42. The molecule has 0 N–H and O–H groups in total. The van der Waals surface area contributed by atoms with E-state index in [1.165, 1.54) is 24.8 Å². The van der Waals surface area contributed by atoms with Crippen LogP contribution in [0, 0.1) is 49.3 Å². The van der Waals surface area contributed by atoms with Gasteiger partial charge in [0.15, 0.2) is 0 Å². The molecule has 2 heteroatoms. The van der Waals surface area contributed by atoms with Crippen LogP contribution in [-0.2, 0) is 0 Å². The van der Waals surface area contributed by atoms with E-state index in [1.54, 1.807) is 12.1 Å². The molecule has 4 rings (SSSR count). The normalized spacial score (nSPS) is 40.3. The highest BCUT2D eigenvalue weighted by Crippen LogP contribution is 2.73. The van der Waals surface area contributed by atoms with Gasteiger partial charge in [0.25, 0.3) is 0 Å². The van der Waals surface area contributed by atoms with Gasteiger partial charge in [0.2, 0.25) is 0 Å². The first kappa shape index (κ1) is 12.4. The summed E-state index contributed by atoms with van der Waals surface area (Å²) in [5.74, 6) is 4.64. The summed E-state index contributed by atoms with van der Waals surface area (Å²) >= 11 is 3.95. The molecule has 3 saturated carbocycles. The third-order valence-electron chi connectivity index (χ3n) is 5.97. The van der Waals surface area contributed by atoms with Crippen molar-refractivity contribution < 1.29 is 4.39 Å². The van der Waals surface area contributed by atoms with E-state index in [9.17, 15) is 4.39 Å². The van der Waals surface area contributed by atoms with E-state index in [4.69, 9.17) is 0 Å². The first-order chi connectivity index (χ1) is 9.08. The number of alkyl halides is 1. The van der Waals surface area contributed by atoms with Gasteiger partial charge >= 0.3 is 0 Å². The van der Waals surface area contributed by atoms with Gasteiger partial charge in [-0.2, -0.15) is 0 Å². The quantitative estimate of drug-likeness (QED) is 0.659. The van der Waals surface area contributed by atoms with Crippen LogP contribution in [0.4, 0.5) is 4.39 Å². The van der Waals surface area contributed by atoms with Crippen molar-refractivity contribution in [3.8, 4) is 0 Å². The van der Waals surface area contributed by atoms with Crippen molar-refractivity contribution in [2.24, 2.45) is 29.6 Å². The van der Waals surface area contributed by atoms with Crippen LogP contribution < -0.4 is 0 Å². The Bertz CT molecular complexity index is 499. The Morgan fingerprint density at radius 3 is 2.16 bits per heavy atom. The second-order valence-electron chi connectivity index (χ2n) is 6.92. The second-order valence-corrected chi connectivity index (χ2v) is 7.91. The molecular weight excluding hydrogens is 303 g/mol. The van der Waals surface area contributed by atoms with Crippen LogP contribution in [0.5, 0.6) is 0 Å². The predicted octanol–water partition coefficient (Wildman–Crippen LogP) is 5.17. The maximum absolute atomic E-state index is 13.4. The minimum absolute atomic E-state index is 0.102. The molecule has 5 atom stereocenters. The minimum Gasteiger partial charge on any atom is -0.207 e. The van der Waals surface area contributed by atoms with Crippen molar-refractivity contribution in [3.05, 3.63) is 34.6 Å². The number of fused-ring (bicyclic) bond motifs is 5. The molecule has 0 saturated heterocycles. The Hall–Kier alpha value is -0.370. The van der Waals surface area contributed by atoms with Crippen molar-refractivity contribution in [3.63, 3.8) is 0 Å². The molecule has 1 aromatic rings. The average molecular weight is 323 g/mol. The Kier molecular flexibility index (Phi) is 2.65. The van der Waals surface area contributed by atoms with Gasteiger partial charge in [-0.3, -0.25) is 0 Å². The number of aryl methyl sites for hydroxylation is 2. The van der Waals surface area contributed by atoms with Crippen molar-refractivity contribution >= 4 is 15.9 Å². The van der Waals surface area contributed by atoms with Crippen LogP contribution in [-0.4, -0.2) is 0 Å². The Morgan fingerprint density at radius 2 is 1.63 bits per heavy atom. The van der Waals surface area contributed by atoms with Gasteiger partial charge in [-0.05, 0) is 91.5 Å². The van der Waals surface area contributed by atoms with Crippen LogP contribution in [0.15, 0.2) is 12.1 Å². The van der Waals surface area contributed by atoms with E-state index >= 15 is 0 Å². The summed E-state index contributed by atoms with van der Waals surface area (Å²) in [7, 11) is 0. The van der Waals surface area contributed by atoms with Crippen LogP contribution in [0.1, 0.15) is 40.8 Å². The molecule has 0 nitrogen and oxygen atoms in total. The molecule has 0 aliphatic heterocycles. The molecule has 0 aromatic heterocycles. The van der Waals surface area contributed by atoms with Crippen LogP contribution in [0.2, 0.25) is 0 Å². The lowest BCUT2D eigenvalue weighted by molar-refractivity contribution is 0.456. The molecule has 3 aliphatic carbocycles. The zero-order valence-electron chi connectivity index (χ0n) is 11.5. The van der Waals surface area contributed by atoms with Crippen LogP contribution in [0.25, 0.3) is 0 Å². The molecule has 2 bridgehead atoms. The molecule has 0 spiro atoms. The highest BCUT2D eigenvalue weighted by molar-refractivity contribution is 9.09. The molecular formula is C17H20BrF. The number of rotatable bonds is 2. The molecule has 3 aliphatic rings. The molecule has 5 unspecified atom stereocenters. The molecule has 0 radical (unpaired) electrons. The zero-order chi connectivity index (χ0) is 13.3. The second kappa shape index (κ2) is 4.07. The lowest BCUT2D eigenvalue weighted by Crippen LogP contribution is -2.07. The van der Waals surface area contributed by atoms with Gasteiger partial charge in [0.05, 0.1) is 0 Å². The standard InChI is InChI=1S/C17H20BrF/c1-8-5-12(19)6-9(2)13(8)17(18)16-14-10-3-4-11(7-10)15(14)16/h5-6,10-11,14-17H,3-4,7H2,1-2H3. The predicted molar refractivity (Wildman–Crippen MR) is 78.8 cm³/mol. The van der Waals surface area contributed by atoms with Crippen molar-refractivity contribution in [1.29, 1.82) is 0 Å². The summed E-state index contributed by atoms with van der Waals surface area (Å²) in [6, 6.07) is 3.37. The first-order valence-electron chi connectivity index (χ1n) is 7.48. The van der Waals surface area contributed by atoms with E-state index < -0.39 is 0 Å². The Labute approximate surface area is 122 Å². The summed E-state index contributed by atoms with van der Waals surface area (Å²) in [6.45, 7) is 4.10. The monoisotopic (exact) mass is 322 g/mol. The zero-order valence-corrected chi connectivity index (χ0v) is 13.1. The van der Waals surface area contributed by atoms with E-state index in [0.717, 1.165) is 40.7 Å². The van der Waals surface area contributed by atoms with Crippen molar-refractivity contribution in [1.82, 2.24) is 0 Å². The lowest BCUT2D eigenvalue weighted by Gasteiger charge is -2.19. The SMILES string of the molecule is Cc1cc(F)cc(C)c1C(Br)C1C2C3CCC(C3)C21. The summed E-state index contributed by atoms with van der Waals surface area (Å²) < 4.78 is 13.4. The van der Waals surface area contributed by atoms with Gasteiger partial charge in [-0.25, -0.2) is 4.39 Å². The van der Waals surface area contributed by atoms with Gasteiger partial charge in [0.1, 0.15) is 5.82 Å². The average Bonchev–Trinajstić information content (AvgIpc) is 2.77. The fraction of sp³-hybridized carbons (Fsp3) is 0.647. The number of hydrogen-bond acceptors (Lipinski definition) is 0. The van der Waals surface area contributed by atoms with Crippen molar-refractivity contribution in [2.45, 2.75) is 37.9 Å². The first-order valence-corrected chi connectivity index (χ1v) is 8.40. The smallest absolute Gasteiger partial charge is 0.123 e. The molecule has 0 heterocycles. The van der Waals surface area contributed by atoms with E-state index in [-0.39, 0.29) is 5.82 Å². The molecule has 0 amide bonds. The third kappa shape index (κ3) is 1.68. The fourth-order valence-electron chi connectivity index (χ4n) is 5.33. The van der Waals surface area contributed by atoms with Crippen LogP contribution >= 0.6 is 15.9 Å². The minimum atomic E-state index is -0.102. The maximum Gasteiger partial charge on any atom is 0.123 e.